The number of benzene rings is 1. The zero-order valence-electron chi connectivity index (χ0n) is 11.4. The Morgan fingerprint density at radius 3 is 2.65 bits per heavy atom. The third-order valence-corrected chi connectivity index (χ3v) is 3.36. The largest absolute Gasteiger partial charge is 0.484 e. The Morgan fingerprint density at radius 2 is 2.05 bits per heavy atom. The Labute approximate surface area is 122 Å². The molecule has 1 amide bonds. The summed E-state index contributed by atoms with van der Waals surface area (Å²) in [5.41, 5.74) is 0. The molecule has 2 aromatic rings. The zero-order chi connectivity index (χ0) is 14.5. The topological polar surface area (TPSA) is 42.7 Å². The van der Waals surface area contributed by atoms with Gasteiger partial charge < -0.3 is 14.1 Å². The van der Waals surface area contributed by atoms with Crippen LogP contribution in [0.25, 0.3) is 0 Å². The van der Waals surface area contributed by atoms with Gasteiger partial charge in [-0.15, -0.1) is 0 Å². The van der Waals surface area contributed by atoms with Gasteiger partial charge in [0.1, 0.15) is 11.5 Å². The summed E-state index contributed by atoms with van der Waals surface area (Å²) in [6.07, 6.45) is 1.59. The summed E-state index contributed by atoms with van der Waals surface area (Å²) in [5, 5.41) is 0.632. The van der Waals surface area contributed by atoms with Gasteiger partial charge in [-0.25, -0.2) is 0 Å². The van der Waals surface area contributed by atoms with Gasteiger partial charge in [-0.2, -0.15) is 0 Å². The third kappa shape index (κ3) is 3.54. The van der Waals surface area contributed by atoms with Crippen molar-refractivity contribution in [3.8, 4) is 5.75 Å². The summed E-state index contributed by atoms with van der Waals surface area (Å²) in [4.78, 5) is 13.6. The van der Waals surface area contributed by atoms with Gasteiger partial charge in [0, 0.05) is 12.1 Å². The maximum Gasteiger partial charge on any atom is 0.260 e. The van der Waals surface area contributed by atoms with E-state index in [1.54, 1.807) is 48.5 Å². The van der Waals surface area contributed by atoms with Crippen LogP contribution >= 0.6 is 11.6 Å². The fraction of sp³-hybridized carbons (Fsp3) is 0.267. The number of amides is 1. The third-order valence-electron chi connectivity index (χ3n) is 3.11. The average molecular weight is 294 g/mol. The van der Waals surface area contributed by atoms with Gasteiger partial charge in [0.25, 0.3) is 5.91 Å². The van der Waals surface area contributed by atoms with E-state index in [0.29, 0.717) is 10.8 Å². The zero-order valence-corrected chi connectivity index (χ0v) is 12.1. The van der Waals surface area contributed by atoms with E-state index in [2.05, 4.69) is 0 Å². The highest BCUT2D eigenvalue weighted by atomic mass is 35.5. The molecule has 0 fully saturated rings. The molecule has 1 atom stereocenters. The van der Waals surface area contributed by atoms with E-state index in [0.717, 1.165) is 5.76 Å². The Balaban J connectivity index is 1.89. The van der Waals surface area contributed by atoms with Crippen LogP contribution in [0.3, 0.4) is 0 Å². The lowest BCUT2D eigenvalue weighted by atomic mass is 10.2. The van der Waals surface area contributed by atoms with Crippen LogP contribution in [0.15, 0.2) is 47.1 Å². The van der Waals surface area contributed by atoms with Crippen LogP contribution in [0.1, 0.15) is 18.7 Å². The van der Waals surface area contributed by atoms with E-state index >= 15 is 0 Å². The van der Waals surface area contributed by atoms with Crippen molar-refractivity contribution in [2.45, 2.75) is 13.0 Å². The lowest BCUT2D eigenvalue weighted by molar-refractivity contribution is -0.134. The lowest BCUT2D eigenvalue weighted by Gasteiger charge is -2.23. The second kappa shape index (κ2) is 6.48. The Kier molecular flexibility index (Phi) is 4.69. The first-order valence-corrected chi connectivity index (χ1v) is 6.63. The molecule has 0 aliphatic heterocycles. The van der Waals surface area contributed by atoms with Gasteiger partial charge in [0.15, 0.2) is 6.61 Å². The molecule has 0 saturated heterocycles. The van der Waals surface area contributed by atoms with E-state index in [4.69, 9.17) is 20.8 Å². The smallest absolute Gasteiger partial charge is 0.260 e. The van der Waals surface area contributed by atoms with Gasteiger partial charge >= 0.3 is 0 Å². The van der Waals surface area contributed by atoms with Crippen LogP contribution in [0.4, 0.5) is 0 Å². The molecule has 1 heterocycles. The van der Waals surface area contributed by atoms with E-state index in [9.17, 15) is 4.79 Å². The quantitative estimate of drug-likeness (QED) is 0.847. The van der Waals surface area contributed by atoms with Gasteiger partial charge in [0.2, 0.25) is 0 Å². The van der Waals surface area contributed by atoms with Crippen LogP contribution in [0.2, 0.25) is 5.02 Å². The predicted molar refractivity (Wildman–Crippen MR) is 76.8 cm³/mol. The minimum absolute atomic E-state index is 0.0246. The molecule has 1 unspecified atom stereocenters. The number of nitrogens with zero attached hydrogens (tertiary/aromatic N) is 1. The first-order chi connectivity index (χ1) is 9.58. The maximum absolute atomic E-state index is 12.1. The number of hydrogen-bond acceptors (Lipinski definition) is 3. The molecule has 1 aromatic carbocycles. The number of furan rings is 1. The standard InChI is InChI=1S/C15H16ClNO3/c1-11(14-4-3-9-19-14)17(2)15(18)10-20-13-7-5-12(16)6-8-13/h3-9,11H,10H2,1-2H3. The summed E-state index contributed by atoms with van der Waals surface area (Å²) in [6, 6.07) is 10.4. The van der Waals surface area contributed by atoms with Crippen LogP contribution < -0.4 is 4.74 Å². The van der Waals surface area contributed by atoms with Crippen LogP contribution in [-0.2, 0) is 4.79 Å². The van der Waals surface area contributed by atoms with E-state index < -0.39 is 0 Å². The molecule has 2 rings (SSSR count). The van der Waals surface area contributed by atoms with Crippen molar-refractivity contribution < 1.29 is 13.9 Å². The monoisotopic (exact) mass is 293 g/mol. The minimum Gasteiger partial charge on any atom is -0.484 e. The molecule has 0 radical (unpaired) electrons. The van der Waals surface area contributed by atoms with Gasteiger partial charge in [-0.1, -0.05) is 11.6 Å². The van der Waals surface area contributed by atoms with Crippen molar-refractivity contribution in [2.75, 3.05) is 13.7 Å². The Hall–Kier alpha value is -1.94. The SMILES string of the molecule is CC(c1ccco1)N(C)C(=O)COc1ccc(Cl)cc1. The summed E-state index contributed by atoms with van der Waals surface area (Å²) in [5.74, 6) is 1.23. The minimum atomic E-state index is -0.133. The van der Waals surface area contributed by atoms with Crippen molar-refractivity contribution in [3.63, 3.8) is 0 Å². The van der Waals surface area contributed by atoms with Gasteiger partial charge in [-0.05, 0) is 43.3 Å². The maximum atomic E-state index is 12.1. The number of halogens is 1. The molecule has 0 N–H and O–H groups in total. The highest BCUT2D eigenvalue weighted by Gasteiger charge is 2.19. The number of carbonyl (C=O) groups is 1. The molecule has 5 heteroatoms. The molecule has 106 valence electrons. The van der Waals surface area contributed by atoms with Crippen molar-refractivity contribution in [2.24, 2.45) is 0 Å². The molecule has 0 saturated carbocycles. The van der Waals surface area contributed by atoms with Gasteiger partial charge in [-0.3, -0.25) is 4.79 Å². The first-order valence-electron chi connectivity index (χ1n) is 6.25. The number of likely N-dealkylation sites (N-methyl/N-ethyl adjacent to an activating group) is 1. The van der Waals surface area contributed by atoms with Crippen LogP contribution in [0, 0.1) is 0 Å². The Bertz CT molecular complexity index is 551. The van der Waals surface area contributed by atoms with Crippen LogP contribution in [-0.4, -0.2) is 24.5 Å². The lowest BCUT2D eigenvalue weighted by Crippen LogP contribution is -2.33. The summed E-state index contributed by atoms with van der Waals surface area (Å²) < 4.78 is 10.7. The fourth-order valence-corrected chi connectivity index (χ4v) is 1.84. The second-order valence-corrected chi connectivity index (χ2v) is 4.88. The molecule has 20 heavy (non-hydrogen) atoms. The Morgan fingerprint density at radius 1 is 1.35 bits per heavy atom. The van der Waals surface area contributed by atoms with Crippen molar-refractivity contribution in [1.29, 1.82) is 0 Å². The van der Waals surface area contributed by atoms with Crippen LogP contribution in [0.5, 0.6) is 5.75 Å². The normalized spacial score (nSPS) is 11.9. The molecule has 0 bridgehead atoms. The highest BCUT2D eigenvalue weighted by Crippen LogP contribution is 2.20. The molecule has 0 spiro atoms. The van der Waals surface area contributed by atoms with Crippen molar-refractivity contribution in [3.05, 3.63) is 53.4 Å². The molecule has 0 aliphatic carbocycles. The number of ether oxygens (including phenoxy) is 1. The summed E-state index contributed by atoms with van der Waals surface area (Å²) in [7, 11) is 1.72. The van der Waals surface area contributed by atoms with Crippen molar-refractivity contribution in [1.82, 2.24) is 4.90 Å². The highest BCUT2D eigenvalue weighted by molar-refractivity contribution is 6.30. The molecule has 4 nitrogen and oxygen atoms in total. The van der Waals surface area contributed by atoms with Crippen molar-refractivity contribution >= 4 is 17.5 Å². The number of carbonyl (C=O) groups excluding carboxylic acids is 1. The molecule has 0 aliphatic rings. The predicted octanol–water partition coefficient (Wildman–Crippen LogP) is 3.53. The fourth-order valence-electron chi connectivity index (χ4n) is 1.71. The second-order valence-electron chi connectivity index (χ2n) is 4.44. The average Bonchev–Trinajstić information content (AvgIpc) is 2.99. The van der Waals surface area contributed by atoms with Gasteiger partial charge in [0.05, 0.1) is 12.3 Å². The number of rotatable bonds is 5. The first kappa shape index (κ1) is 14.5. The van der Waals surface area contributed by atoms with E-state index in [-0.39, 0.29) is 18.6 Å². The number of hydrogen-bond donors (Lipinski definition) is 0. The molecular weight excluding hydrogens is 278 g/mol. The molecular formula is C15H16ClNO3. The van der Waals surface area contributed by atoms with E-state index in [1.165, 1.54) is 0 Å². The van der Waals surface area contributed by atoms with E-state index in [1.807, 2.05) is 13.0 Å². The molecule has 1 aromatic heterocycles. The summed E-state index contributed by atoms with van der Waals surface area (Å²) >= 11 is 5.78. The summed E-state index contributed by atoms with van der Waals surface area (Å²) in [6.45, 7) is 1.88.